The van der Waals surface area contributed by atoms with E-state index in [1.54, 1.807) is 0 Å². The van der Waals surface area contributed by atoms with Gasteiger partial charge in [0.25, 0.3) is 5.92 Å². The Morgan fingerprint density at radius 1 is 0.833 bits per heavy atom. The minimum atomic E-state index is -3.64. The minimum absolute atomic E-state index is 0.0601. The highest BCUT2D eigenvalue weighted by molar-refractivity contribution is 5.34. The zero-order valence-corrected chi connectivity index (χ0v) is 21.2. The average Bonchev–Trinajstić information content (AvgIpc) is 2.85. The number of halogens is 5. The summed E-state index contributed by atoms with van der Waals surface area (Å²) in [5.41, 5.74) is -0.792. The van der Waals surface area contributed by atoms with Crippen molar-refractivity contribution in [2.24, 2.45) is 5.92 Å². The molecule has 1 aliphatic carbocycles. The van der Waals surface area contributed by atoms with Crippen molar-refractivity contribution in [3.63, 3.8) is 0 Å². The van der Waals surface area contributed by atoms with Gasteiger partial charge >= 0.3 is 0 Å². The first-order valence-electron chi connectivity index (χ1n) is 13.2. The van der Waals surface area contributed by atoms with Crippen molar-refractivity contribution in [1.82, 2.24) is 0 Å². The highest BCUT2D eigenvalue weighted by Gasteiger charge is 2.37. The molecule has 36 heavy (non-hydrogen) atoms. The van der Waals surface area contributed by atoms with E-state index in [4.69, 9.17) is 9.47 Å². The fourth-order valence-corrected chi connectivity index (χ4v) is 4.99. The smallest absolute Gasteiger partial charge is 0.279 e. The number of hydrogen-bond donors (Lipinski definition) is 0. The second-order valence-electron chi connectivity index (χ2n) is 9.79. The summed E-state index contributed by atoms with van der Waals surface area (Å²) < 4.78 is 84.0. The first-order valence-corrected chi connectivity index (χ1v) is 13.2. The molecule has 0 bridgehead atoms. The van der Waals surface area contributed by atoms with Gasteiger partial charge in [0.1, 0.15) is 5.75 Å². The van der Waals surface area contributed by atoms with E-state index in [9.17, 15) is 22.0 Å². The molecule has 0 amide bonds. The fraction of sp³-hybridized carbons (Fsp3) is 0.586. The molecule has 7 heteroatoms. The van der Waals surface area contributed by atoms with E-state index in [0.29, 0.717) is 12.5 Å². The van der Waals surface area contributed by atoms with Crippen LogP contribution in [0.3, 0.4) is 0 Å². The summed E-state index contributed by atoms with van der Waals surface area (Å²) >= 11 is 0. The molecule has 3 rings (SSSR count). The molecule has 0 atom stereocenters. The Bertz CT molecular complexity index is 970. The van der Waals surface area contributed by atoms with Gasteiger partial charge in [-0.2, -0.15) is 0 Å². The molecular weight excluding hydrogens is 475 g/mol. The molecule has 0 N–H and O–H groups in total. The second kappa shape index (κ2) is 13.3. The van der Waals surface area contributed by atoms with E-state index in [1.165, 1.54) is 18.2 Å². The highest BCUT2D eigenvalue weighted by Crippen LogP contribution is 2.41. The Morgan fingerprint density at radius 2 is 1.58 bits per heavy atom. The zero-order chi connectivity index (χ0) is 26.1. The number of benzene rings is 2. The van der Waals surface area contributed by atoms with E-state index in [-0.39, 0.29) is 23.0 Å². The predicted molar refractivity (Wildman–Crippen MR) is 131 cm³/mol. The van der Waals surface area contributed by atoms with E-state index < -0.39 is 42.0 Å². The molecule has 2 aromatic carbocycles. The molecule has 0 unspecified atom stereocenters. The van der Waals surface area contributed by atoms with Crippen molar-refractivity contribution in [3.05, 3.63) is 58.9 Å². The SMILES string of the molecule is CCCCCOc1ccc(OCCC(F)(F)c2ccc(C3CCC(CCC)CC3)c(F)c2F)cc1F. The molecule has 200 valence electrons. The molecule has 0 saturated heterocycles. The largest absolute Gasteiger partial charge is 0.493 e. The molecule has 1 aliphatic rings. The quantitative estimate of drug-likeness (QED) is 0.197. The van der Waals surface area contributed by atoms with Gasteiger partial charge in [-0.3, -0.25) is 0 Å². The van der Waals surface area contributed by atoms with E-state index in [0.717, 1.165) is 69.9 Å². The van der Waals surface area contributed by atoms with Crippen LogP contribution in [0.4, 0.5) is 22.0 Å². The van der Waals surface area contributed by atoms with Crippen LogP contribution in [0.25, 0.3) is 0 Å². The van der Waals surface area contributed by atoms with Crippen LogP contribution in [-0.4, -0.2) is 13.2 Å². The van der Waals surface area contributed by atoms with Crippen LogP contribution >= 0.6 is 0 Å². The maximum Gasteiger partial charge on any atom is 0.279 e. The van der Waals surface area contributed by atoms with Gasteiger partial charge in [0.15, 0.2) is 23.2 Å². The Kier molecular flexibility index (Phi) is 10.4. The second-order valence-corrected chi connectivity index (χ2v) is 9.79. The highest BCUT2D eigenvalue weighted by atomic mass is 19.3. The van der Waals surface area contributed by atoms with Crippen LogP contribution in [0.5, 0.6) is 11.5 Å². The molecular formula is C29H37F5O2. The van der Waals surface area contributed by atoms with Crippen molar-refractivity contribution in [2.45, 2.75) is 89.9 Å². The van der Waals surface area contributed by atoms with Gasteiger partial charge in [-0.15, -0.1) is 0 Å². The summed E-state index contributed by atoms with van der Waals surface area (Å²) in [6.07, 6.45) is 7.52. The minimum Gasteiger partial charge on any atom is -0.493 e. The lowest BCUT2D eigenvalue weighted by Crippen LogP contribution is -2.21. The molecule has 0 aliphatic heterocycles. The third-order valence-electron chi connectivity index (χ3n) is 7.08. The topological polar surface area (TPSA) is 18.5 Å². The molecule has 0 aromatic heterocycles. The van der Waals surface area contributed by atoms with Gasteiger partial charge in [0.05, 0.1) is 25.2 Å². The Balaban J connectivity index is 1.57. The third-order valence-corrected chi connectivity index (χ3v) is 7.08. The fourth-order valence-electron chi connectivity index (χ4n) is 4.99. The van der Waals surface area contributed by atoms with Crippen molar-refractivity contribution < 1.29 is 31.4 Å². The van der Waals surface area contributed by atoms with E-state index in [2.05, 4.69) is 13.8 Å². The monoisotopic (exact) mass is 512 g/mol. The summed E-state index contributed by atoms with van der Waals surface area (Å²) in [5, 5.41) is 0. The summed E-state index contributed by atoms with van der Waals surface area (Å²) in [5.74, 6) is -6.37. The maximum absolute atomic E-state index is 14.8. The number of alkyl halides is 2. The van der Waals surface area contributed by atoms with Crippen LogP contribution in [0, 0.1) is 23.4 Å². The normalized spacial score (nSPS) is 18.3. The number of hydrogen-bond acceptors (Lipinski definition) is 2. The summed E-state index contributed by atoms with van der Waals surface area (Å²) in [4.78, 5) is 0. The number of unbranched alkanes of at least 4 members (excludes halogenated alkanes) is 2. The standard InChI is InChI=1S/C29H37F5O2/c1-3-5-6-17-36-26-15-12-22(19-25(26)30)35-18-16-29(33,34)24-14-13-23(27(31)28(24)32)21-10-8-20(7-4-2)9-11-21/h12-15,19-21H,3-11,16-18H2,1-2H3. The van der Waals surface area contributed by atoms with Gasteiger partial charge in [-0.25, -0.2) is 22.0 Å². The van der Waals surface area contributed by atoms with Crippen LogP contribution in [0.1, 0.15) is 95.1 Å². The Morgan fingerprint density at radius 3 is 2.25 bits per heavy atom. The maximum atomic E-state index is 14.8. The molecule has 2 nitrogen and oxygen atoms in total. The van der Waals surface area contributed by atoms with Crippen molar-refractivity contribution >= 4 is 0 Å². The van der Waals surface area contributed by atoms with Crippen LogP contribution in [0.2, 0.25) is 0 Å². The molecule has 2 aromatic rings. The van der Waals surface area contributed by atoms with Crippen LogP contribution in [0.15, 0.2) is 30.3 Å². The summed E-state index contributed by atoms with van der Waals surface area (Å²) in [6, 6.07) is 6.19. The van der Waals surface area contributed by atoms with E-state index in [1.807, 2.05) is 0 Å². The Labute approximate surface area is 211 Å². The molecule has 0 heterocycles. The van der Waals surface area contributed by atoms with Gasteiger partial charge in [0.2, 0.25) is 0 Å². The predicted octanol–water partition coefficient (Wildman–Crippen LogP) is 9.31. The van der Waals surface area contributed by atoms with Crippen molar-refractivity contribution in [3.8, 4) is 11.5 Å². The van der Waals surface area contributed by atoms with Crippen LogP contribution < -0.4 is 9.47 Å². The molecule has 1 saturated carbocycles. The molecule has 0 radical (unpaired) electrons. The lowest BCUT2D eigenvalue weighted by Gasteiger charge is -2.29. The van der Waals surface area contributed by atoms with Gasteiger partial charge in [0, 0.05) is 6.07 Å². The van der Waals surface area contributed by atoms with Gasteiger partial charge < -0.3 is 9.47 Å². The average molecular weight is 513 g/mol. The Hall–Kier alpha value is -2.31. The number of ether oxygens (including phenoxy) is 2. The number of rotatable bonds is 13. The third kappa shape index (κ3) is 7.36. The first kappa shape index (κ1) is 28.3. The lowest BCUT2D eigenvalue weighted by atomic mass is 9.77. The van der Waals surface area contributed by atoms with Crippen molar-refractivity contribution in [1.29, 1.82) is 0 Å². The van der Waals surface area contributed by atoms with E-state index >= 15 is 0 Å². The summed E-state index contributed by atoms with van der Waals surface area (Å²) in [6.45, 7) is 4.08. The van der Waals surface area contributed by atoms with Gasteiger partial charge in [-0.05, 0) is 67.7 Å². The molecule has 0 spiro atoms. The summed E-state index contributed by atoms with van der Waals surface area (Å²) in [7, 11) is 0. The van der Waals surface area contributed by atoms with Gasteiger partial charge in [-0.1, -0.05) is 45.6 Å². The van der Waals surface area contributed by atoms with Crippen LogP contribution in [-0.2, 0) is 5.92 Å². The molecule has 1 fully saturated rings. The van der Waals surface area contributed by atoms with Crippen molar-refractivity contribution in [2.75, 3.05) is 13.2 Å². The first-order chi connectivity index (χ1) is 17.3. The zero-order valence-electron chi connectivity index (χ0n) is 21.2. The lowest BCUT2D eigenvalue weighted by molar-refractivity contribution is -0.0279.